The maximum Gasteiger partial charge on any atom is 0.276 e. The molecule has 0 atom stereocenters. The highest BCUT2D eigenvalue weighted by Crippen LogP contribution is 2.24. The molecule has 1 heterocycles. The summed E-state index contributed by atoms with van der Waals surface area (Å²) in [6, 6.07) is 2.28. The van der Waals surface area contributed by atoms with Gasteiger partial charge in [0.1, 0.15) is 0 Å². The van der Waals surface area contributed by atoms with Crippen molar-refractivity contribution in [1.29, 1.82) is 5.26 Å². The lowest BCUT2D eigenvalue weighted by molar-refractivity contribution is 0.413. The predicted molar refractivity (Wildman–Crippen MR) is 61.5 cm³/mol. The van der Waals surface area contributed by atoms with Gasteiger partial charge < -0.3 is 10.2 Å². The number of hydrogen-bond acceptors (Lipinski definition) is 6. The third-order valence-electron chi connectivity index (χ3n) is 2.10. The number of nitrogens with two attached hydrogens (primary N) is 1. The Balaban J connectivity index is 2.24. The molecule has 0 unspecified atom stereocenters. The number of nitrogens with zero attached hydrogens (tertiary/aromatic N) is 3. The van der Waals surface area contributed by atoms with E-state index in [9.17, 15) is 0 Å². The van der Waals surface area contributed by atoms with Gasteiger partial charge >= 0.3 is 0 Å². The molecule has 88 valence electrons. The lowest BCUT2D eigenvalue weighted by Gasteiger charge is -2.13. The molecule has 1 rings (SSSR count). The molecular formula is C10H16N4OS. The third kappa shape index (κ3) is 4.21. The summed E-state index contributed by atoms with van der Waals surface area (Å²) in [6.07, 6.45) is 1.82. The van der Waals surface area contributed by atoms with Crippen LogP contribution in [-0.2, 0) is 6.54 Å². The highest BCUT2D eigenvalue weighted by molar-refractivity contribution is 7.99. The van der Waals surface area contributed by atoms with Gasteiger partial charge in [0.15, 0.2) is 0 Å². The van der Waals surface area contributed by atoms with Gasteiger partial charge in [-0.15, -0.1) is 10.2 Å². The van der Waals surface area contributed by atoms with Crippen LogP contribution in [0.4, 0.5) is 0 Å². The predicted octanol–water partition coefficient (Wildman–Crippen LogP) is 1.95. The Labute approximate surface area is 99.4 Å². The van der Waals surface area contributed by atoms with Crippen LogP contribution in [0.1, 0.15) is 32.6 Å². The SMILES string of the molecule is CC(C)(C#N)CCCSc1nnc(CN)o1. The minimum absolute atomic E-state index is 0.252. The summed E-state index contributed by atoms with van der Waals surface area (Å²) in [4.78, 5) is 0. The molecule has 0 spiro atoms. The number of thioether (sulfide) groups is 1. The molecule has 0 amide bonds. The fourth-order valence-electron chi connectivity index (χ4n) is 1.11. The minimum atomic E-state index is -0.252. The first-order valence-electron chi connectivity index (χ1n) is 5.14. The third-order valence-corrected chi connectivity index (χ3v) is 3.00. The molecule has 1 aromatic heterocycles. The molecule has 6 heteroatoms. The molecule has 0 radical (unpaired) electrons. The Kier molecular flexibility index (Phi) is 4.77. The smallest absolute Gasteiger partial charge is 0.276 e. The summed E-state index contributed by atoms with van der Waals surface area (Å²) in [7, 11) is 0. The number of hydrogen-bond donors (Lipinski definition) is 1. The van der Waals surface area contributed by atoms with Crippen LogP contribution in [0.3, 0.4) is 0 Å². The quantitative estimate of drug-likeness (QED) is 0.604. The molecule has 0 bridgehead atoms. The van der Waals surface area contributed by atoms with Gasteiger partial charge in [-0.2, -0.15) is 5.26 Å². The Bertz CT molecular complexity index is 369. The first kappa shape index (κ1) is 13.0. The van der Waals surface area contributed by atoms with E-state index in [2.05, 4.69) is 16.3 Å². The molecular weight excluding hydrogens is 224 g/mol. The van der Waals surface area contributed by atoms with Crippen LogP contribution in [0.5, 0.6) is 0 Å². The van der Waals surface area contributed by atoms with Crippen molar-refractivity contribution in [3.63, 3.8) is 0 Å². The maximum atomic E-state index is 8.83. The van der Waals surface area contributed by atoms with E-state index in [0.29, 0.717) is 11.1 Å². The van der Waals surface area contributed by atoms with Crippen molar-refractivity contribution in [2.45, 2.75) is 38.5 Å². The van der Waals surface area contributed by atoms with Crippen LogP contribution in [-0.4, -0.2) is 16.0 Å². The van der Waals surface area contributed by atoms with Gasteiger partial charge in [-0.25, -0.2) is 0 Å². The van der Waals surface area contributed by atoms with E-state index in [4.69, 9.17) is 15.4 Å². The molecule has 2 N–H and O–H groups in total. The van der Waals surface area contributed by atoms with Gasteiger partial charge in [-0.05, 0) is 26.7 Å². The normalized spacial score (nSPS) is 11.4. The zero-order valence-corrected chi connectivity index (χ0v) is 10.4. The molecule has 0 saturated heterocycles. The van der Waals surface area contributed by atoms with Crippen molar-refractivity contribution in [1.82, 2.24) is 10.2 Å². The Morgan fingerprint density at radius 2 is 2.25 bits per heavy atom. The second-order valence-electron chi connectivity index (χ2n) is 4.11. The fraction of sp³-hybridized carbons (Fsp3) is 0.700. The van der Waals surface area contributed by atoms with Crippen molar-refractivity contribution < 1.29 is 4.42 Å². The van der Waals surface area contributed by atoms with E-state index < -0.39 is 0 Å². The average Bonchev–Trinajstić information content (AvgIpc) is 2.72. The summed E-state index contributed by atoms with van der Waals surface area (Å²) in [5.74, 6) is 1.33. The summed E-state index contributed by atoms with van der Waals surface area (Å²) in [5.41, 5.74) is 5.10. The van der Waals surface area contributed by atoms with Crippen LogP contribution < -0.4 is 5.73 Å². The van der Waals surface area contributed by atoms with E-state index in [1.54, 1.807) is 0 Å². The molecule has 0 aliphatic heterocycles. The zero-order chi connectivity index (χ0) is 12.0. The number of nitriles is 1. The van der Waals surface area contributed by atoms with E-state index in [0.717, 1.165) is 18.6 Å². The molecule has 0 aliphatic carbocycles. The van der Waals surface area contributed by atoms with Crippen LogP contribution >= 0.6 is 11.8 Å². The molecule has 1 aromatic rings. The summed E-state index contributed by atoms with van der Waals surface area (Å²) in [6.45, 7) is 4.16. The van der Waals surface area contributed by atoms with Gasteiger partial charge in [-0.3, -0.25) is 0 Å². The second kappa shape index (κ2) is 5.87. The van der Waals surface area contributed by atoms with Gasteiger partial charge in [0.2, 0.25) is 5.89 Å². The largest absolute Gasteiger partial charge is 0.415 e. The van der Waals surface area contributed by atoms with E-state index in [-0.39, 0.29) is 12.0 Å². The van der Waals surface area contributed by atoms with Crippen LogP contribution in [0, 0.1) is 16.7 Å². The molecule has 0 saturated carbocycles. The van der Waals surface area contributed by atoms with Crippen molar-refractivity contribution in [3.8, 4) is 6.07 Å². The van der Waals surface area contributed by atoms with Crippen molar-refractivity contribution in [3.05, 3.63) is 5.89 Å². The van der Waals surface area contributed by atoms with E-state index in [1.165, 1.54) is 11.8 Å². The fourth-order valence-corrected chi connectivity index (χ4v) is 1.83. The monoisotopic (exact) mass is 240 g/mol. The van der Waals surface area contributed by atoms with Crippen LogP contribution in [0.15, 0.2) is 9.64 Å². The maximum absolute atomic E-state index is 8.83. The number of rotatable bonds is 6. The lowest BCUT2D eigenvalue weighted by Crippen LogP contribution is -2.07. The zero-order valence-electron chi connectivity index (χ0n) is 9.56. The minimum Gasteiger partial charge on any atom is -0.415 e. The number of aromatic nitrogens is 2. The summed E-state index contributed by atoms with van der Waals surface area (Å²) < 4.78 is 5.24. The van der Waals surface area contributed by atoms with Gasteiger partial charge in [-0.1, -0.05) is 11.8 Å². The topological polar surface area (TPSA) is 88.7 Å². The van der Waals surface area contributed by atoms with Gasteiger partial charge in [0.05, 0.1) is 18.0 Å². The van der Waals surface area contributed by atoms with Crippen molar-refractivity contribution in [2.24, 2.45) is 11.1 Å². The molecule has 0 fully saturated rings. The molecule has 5 nitrogen and oxygen atoms in total. The van der Waals surface area contributed by atoms with Gasteiger partial charge in [0, 0.05) is 5.75 Å². The Hall–Kier alpha value is -1.06. The highest BCUT2D eigenvalue weighted by Gasteiger charge is 2.15. The Morgan fingerprint density at radius 3 is 2.81 bits per heavy atom. The summed E-state index contributed by atoms with van der Waals surface area (Å²) >= 11 is 1.50. The standard InChI is InChI=1S/C10H16N4OS/c1-10(2,7-12)4-3-5-16-9-14-13-8(6-11)15-9/h3-6,11H2,1-2H3. The lowest BCUT2D eigenvalue weighted by atomic mass is 9.90. The van der Waals surface area contributed by atoms with Crippen molar-refractivity contribution in [2.75, 3.05) is 5.75 Å². The van der Waals surface area contributed by atoms with Crippen LogP contribution in [0.25, 0.3) is 0 Å². The van der Waals surface area contributed by atoms with E-state index >= 15 is 0 Å². The van der Waals surface area contributed by atoms with Crippen molar-refractivity contribution >= 4 is 11.8 Å². The second-order valence-corrected chi connectivity index (χ2v) is 5.16. The Morgan fingerprint density at radius 1 is 1.50 bits per heavy atom. The molecule has 0 aromatic carbocycles. The highest BCUT2D eigenvalue weighted by atomic mass is 32.2. The summed E-state index contributed by atoms with van der Waals surface area (Å²) in [5, 5.41) is 17.0. The van der Waals surface area contributed by atoms with Gasteiger partial charge in [0.25, 0.3) is 5.22 Å². The first-order chi connectivity index (χ1) is 7.57. The molecule has 16 heavy (non-hydrogen) atoms. The van der Waals surface area contributed by atoms with E-state index in [1.807, 2.05) is 13.8 Å². The van der Waals surface area contributed by atoms with Crippen LogP contribution in [0.2, 0.25) is 0 Å². The average molecular weight is 240 g/mol. The first-order valence-corrected chi connectivity index (χ1v) is 6.12. The molecule has 0 aliphatic rings.